The smallest absolute Gasteiger partial charge is 0.229 e. The largest absolute Gasteiger partial charge is 0.381 e. The minimum Gasteiger partial charge on any atom is -0.381 e. The summed E-state index contributed by atoms with van der Waals surface area (Å²) in [7, 11) is 1.59. The summed E-state index contributed by atoms with van der Waals surface area (Å²) < 4.78 is 30.1. The first-order valence-electron chi connectivity index (χ1n) is 11.3. The monoisotopic (exact) mass is 475 g/mol. The number of likely N-dealkylation sites (N-methyl/N-ethyl adjacent to an activating group) is 1. The van der Waals surface area contributed by atoms with Gasteiger partial charge in [-0.3, -0.25) is 4.79 Å². The van der Waals surface area contributed by atoms with Crippen LogP contribution >= 0.6 is 0 Å². The maximum absolute atomic E-state index is 14.9. The van der Waals surface area contributed by atoms with Gasteiger partial charge in [-0.25, -0.2) is 13.8 Å². The molecule has 0 bridgehead atoms. The zero-order valence-electron chi connectivity index (χ0n) is 19.6. The number of hydrogen-bond donors (Lipinski definition) is 1. The molecule has 0 radical (unpaired) electrons. The maximum atomic E-state index is 14.9. The van der Waals surface area contributed by atoms with E-state index in [-0.39, 0.29) is 19.0 Å². The van der Waals surface area contributed by atoms with Crippen molar-refractivity contribution in [3.05, 3.63) is 114 Å². The van der Waals surface area contributed by atoms with E-state index >= 15 is 0 Å². The van der Waals surface area contributed by atoms with Crippen LogP contribution in [0.1, 0.15) is 24.0 Å². The first-order valence-corrected chi connectivity index (χ1v) is 11.3. The Morgan fingerprint density at radius 3 is 2.43 bits per heavy atom. The van der Waals surface area contributed by atoms with Crippen molar-refractivity contribution < 1.29 is 18.7 Å². The molecule has 3 aromatic carbocycles. The summed E-state index contributed by atoms with van der Waals surface area (Å²) in [4.78, 5) is 18.7. The van der Waals surface area contributed by atoms with E-state index in [4.69, 9.17) is 0 Å². The van der Waals surface area contributed by atoms with Gasteiger partial charge in [-0.05, 0) is 41.8 Å². The molecule has 0 aliphatic rings. The highest BCUT2D eigenvalue weighted by atomic mass is 19.1. The quantitative estimate of drug-likeness (QED) is 0.391. The van der Waals surface area contributed by atoms with E-state index in [1.165, 1.54) is 35.2 Å². The summed E-state index contributed by atoms with van der Waals surface area (Å²) in [5.41, 5.74) is 0.739. The minimum atomic E-state index is -1.50. The van der Waals surface area contributed by atoms with Gasteiger partial charge >= 0.3 is 0 Å². The molecule has 0 spiro atoms. The van der Waals surface area contributed by atoms with Crippen LogP contribution in [0.4, 0.5) is 8.78 Å². The Morgan fingerprint density at radius 2 is 1.80 bits per heavy atom. The number of nitrogens with zero attached hydrogens (tertiary/aromatic N) is 3. The van der Waals surface area contributed by atoms with E-state index in [9.17, 15) is 18.7 Å². The van der Waals surface area contributed by atoms with Crippen molar-refractivity contribution in [1.82, 2.24) is 14.5 Å². The Balaban J connectivity index is 1.55. The normalized spacial score (nSPS) is 13.7. The van der Waals surface area contributed by atoms with Gasteiger partial charge in [-0.1, -0.05) is 54.6 Å². The van der Waals surface area contributed by atoms with Crippen molar-refractivity contribution in [2.45, 2.75) is 25.0 Å². The minimum absolute atomic E-state index is 0.0510. The summed E-state index contributed by atoms with van der Waals surface area (Å²) in [5.74, 6) is -1.73. The second-order valence-electron chi connectivity index (χ2n) is 8.79. The van der Waals surface area contributed by atoms with Crippen LogP contribution in [0.3, 0.4) is 0 Å². The van der Waals surface area contributed by atoms with Crippen molar-refractivity contribution in [3.63, 3.8) is 0 Å². The lowest BCUT2D eigenvalue weighted by Gasteiger charge is -2.34. The molecule has 4 aromatic rings. The molecule has 0 saturated carbocycles. The van der Waals surface area contributed by atoms with E-state index in [1.54, 1.807) is 49.4 Å². The predicted octanol–water partition coefficient (Wildman–Crippen LogP) is 4.98. The molecule has 0 saturated heterocycles. The fourth-order valence-corrected chi connectivity index (χ4v) is 4.27. The number of carbonyl (C=O) groups is 1. The molecule has 1 N–H and O–H groups in total. The second kappa shape index (κ2) is 10.2. The zero-order valence-corrected chi connectivity index (χ0v) is 19.6. The van der Waals surface area contributed by atoms with Crippen LogP contribution in [0, 0.1) is 11.6 Å². The average Bonchev–Trinajstić information content (AvgIpc) is 3.36. The van der Waals surface area contributed by atoms with E-state index in [2.05, 4.69) is 4.98 Å². The van der Waals surface area contributed by atoms with E-state index in [0.29, 0.717) is 16.7 Å². The molecule has 0 aliphatic heterocycles. The molecule has 35 heavy (non-hydrogen) atoms. The van der Waals surface area contributed by atoms with Gasteiger partial charge < -0.3 is 14.6 Å². The number of carbonyl (C=O) groups excluding carboxylic acids is 1. The number of hydrogen-bond acceptors (Lipinski definition) is 3. The first-order chi connectivity index (χ1) is 16.8. The molecular formula is C28H27F2N3O2. The lowest BCUT2D eigenvalue weighted by atomic mass is 9.91. The molecule has 0 aliphatic carbocycles. The van der Waals surface area contributed by atoms with Crippen molar-refractivity contribution in [2.24, 2.45) is 0 Å². The Labute approximate surface area is 203 Å². The Bertz CT molecular complexity index is 1280. The van der Waals surface area contributed by atoms with Gasteiger partial charge in [0, 0.05) is 25.0 Å². The lowest BCUT2D eigenvalue weighted by molar-refractivity contribution is -0.135. The fourth-order valence-electron chi connectivity index (χ4n) is 4.27. The van der Waals surface area contributed by atoms with Crippen molar-refractivity contribution in [2.75, 3.05) is 13.6 Å². The zero-order chi connectivity index (χ0) is 25.0. The van der Waals surface area contributed by atoms with Gasteiger partial charge in [-0.2, -0.15) is 0 Å². The second-order valence-corrected chi connectivity index (χ2v) is 8.79. The molecule has 180 valence electrons. The molecule has 0 fully saturated rings. The third-order valence-electron chi connectivity index (χ3n) is 6.21. The Hall–Kier alpha value is -3.84. The SMILES string of the molecule is CC(C(=O)N(C)CC(O)(Cn1ccnc1)c1ccc(F)cc1)c1ccc(-c2ccccc2)c(F)c1. The molecular weight excluding hydrogens is 448 g/mol. The third-order valence-corrected chi connectivity index (χ3v) is 6.21. The van der Waals surface area contributed by atoms with Crippen LogP contribution in [0.25, 0.3) is 11.1 Å². The first kappa shape index (κ1) is 24.3. The Kier molecular flexibility index (Phi) is 7.07. The maximum Gasteiger partial charge on any atom is 0.229 e. The van der Waals surface area contributed by atoms with Crippen LogP contribution < -0.4 is 0 Å². The van der Waals surface area contributed by atoms with Gasteiger partial charge in [0.25, 0.3) is 0 Å². The third kappa shape index (κ3) is 5.46. The van der Waals surface area contributed by atoms with Crippen molar-refractivity contribution >= 4 is 5.91 Å². The van der Waals surface area contributed by atoms with E-state index < -0.39 is 23.2 Å². The number of halogens is 2. The highest BCUT2D eigenvalue weighted by Crippen LogP contribution is 2.29. The summed E-state index contributed by atoms with van der Waals surface area (Å²) >= 11 is 0. The topological polar surface area (TPSA) is 58.4 Å². The van der Waals surface area contributed by atoms with E-state index in [1.807, 2.05) is 30.3 Å². The van der Waals surface area contributed by atoms with Crippen molar-refractivity contribution in [3.8, 4) is 11.1 Å². The summed E-state index contributed by atoms with van der Waals surface area (Å²) in [5, 5.41) is 11.6. The van der Waals surface area contributed by atoms with E-state index in [0.717, 1.165) is 5.56 Å². The molecule has 1 heterocycles. The number of amides is 1. The van der Waals surface area contributed by atoms with Crippen LogP contribution in [0.5, 0.6) is 0 Å². The molecule has 5 nitrogen and oxygen atoms in total. The van der Waals surface area contributed by atoms with Gasteiger partial charge in [-0.15, -0.1) is 0 Å². The van der Waals surface area contributed by atoms with Crippen LogP contribution in [-0.2, 0) is 16.9 Å². The molecule has 1 aromatic heterocycles. The van der Waals surface area contributed by atoms with Gasteiger partial charge in [0.1, 0.15) is 17.2 Å². The summed E-state index contributed by atoms with van der Waals surface area (Å²) in [6.07, 6.45) is 4.86. The van der Waals surface area contributed by atoms with Gasteiger partial charge in [0.15, 0.2) is 0 Å². The average molecular weight is 476 g/mol. The summed E-state index contributed by atoms with van der Waals surface area (Å²) in [6, 6.07) is 19.6. The number of aliphatic hydroxyl groups is 1. The lowest BCUT2D eigenvalue weighted by Crippen LogP contribution is -2.45. The summed E-state index contributed by atoms with van der Waals surface area (Å²) in [6.45, 7) is 1.78. The van der Waals surface area contributed by atoms with Crippen molar-refractivity contribution in [1.29, 1.82) is 0 Å². The van der Waals surface area contributed by atoms with Gasteiger partial charge in [0.05, 0.1) is 25.3 Å². The van der Waals surface area contributed by atoms with Crippen LogP contribution in [0.15, 0.2) is 91.5 Å². The Morgan fingerprint density at radius 1 is 1.09 bits per heavy atom. The van der Waals surface area contributed by atoms with Crippen LogP contribution in [0.2, 0.25) is 0 Å². The highest BCUT2D eigenvalue weighted by Gasteiger charge is 2.34. The molecule has 7 heteroatoms. The number of rotatable bonds is 8. The predicted molar refractivity (Wildman–Crippen MR) is 130 cm³/mol. The number of benzene rings is 3. The molecule has 4 rings (SSSR count). The van der Waals surface area contributed by atoms with Gasteiger partial charge in [0.2, 0.25) is 5.91 Å². The molecule has 1 amide bonds. The standard InChI is InChI=1S/C28H27F2N3O2/c1-20(22-8-13-25(26(30)16-22)21-6-4-3-5-7-21)27(34)32(2)17-28(35,18-33-15-14-31-19-33)23-9-11-24(29)12-10-23/h3-16,19-20,35H,17-18H2,1-2H3. The van der Waals surface area contributed by atoms with Crippen LogP contribution in [-0.4, -0.2) is 39.1 Å². The fraction of sp³-hybridized carbons (Fsp3) is 0.214. The number of aromatic nitrogens is 2. The highest BCUT2D eigenvalue weighted by molar-refractivity contribution is 5.83. The molecule has 2 atom stereocenters. The number of imidazole rings is 1. The molecule has 2 unspecified atom stereocenters.